The monoisotopic (exact) mass is 388 g/mol. The molecule has 0 aliphatic carbocycles. The highest BCUT2D eigenvalue weighted by Gasteiger charge is 2.22. The zero-order valence-corrected chi connectivity index (χ0v) is 16.1. The molecule has 3 amide bonds. The minimum Gasteiger partial charge on any atom is -0.339 e. The molecule has 0 saturated carbocycles. The van der Waals surface area contributed by atoms with Crippen LogP contribution in [0.2, 0.25) is 0 Å². The predicted molar refractivity (Wildman–Crippen MR) is 111 cm³/mol. The van der Waals surface area contributed by atoms with Gasteiger partial charge >= 0.3 is 6.03 Å². The van der Waals surface area contributed by atoms with Crippen molar-refractivity contribution in [3.05, 3.63) is 60.2 Å². The maximum absolute atomic E-state index is 12.6. The average Bonchev–Trinajstić information content (AvgIpc) is 2.69. The summed E-state index contributed by atoms with van der Waals surface area (Å²) in [5.41, 5.74) is 2.01. The number of benzene rings is 2. The van der Waals surface area contributed by atoms with Gasteiger partial charge in [-0.3, -0.25) is 4.79 Å². The van der Waals surface area contributed by atoms with E-state index in [1.807, 2.05) is 42.3 Å². The molecule has 1 fully saturated rings. The minimum atomic E-state index is -0.315. The molecule has 0 spiro atoms. The molecule has 3 rings (SSSR count). The molecule has 2 aromatic carbocycles. The third kappa shape index (κ3) is 5.70. The second-order valence-electron chi connectivity index (χ2n) is 6.38. The quantitative estimate of drug-likeness (QED) is 0.749. The summed E-state index contributed by atoms with van der Waals surface area (Å²) in [4.78, 5) is 26.5. The Hall–Kier alpha value is -2.57. The van der Waals surface area contributed by atoms with Crippen LogP contribution in [-0.4, -0.2) is 43.0 Å². The fourth-order valence-electron chi connectivity index (χ4n) is 3.06. The van der Waals surface area contributed by atoms with Crippen molar-refractivity contribution >= 4 is 35.7 Å². The third-order valence-electron chi connectivity index (χ3n) is 4.61. The fourth-order valence-corrected chi connectivity index (χ4v) is 3.06. The van der Waals surface area contributed by atoms with Crippen LogP contribution in [0.1, 0.15) is 23.2 Å². The Labute approximate surface area is 165 Å². The average molecular weight is 389 g/mol. The van der Waals surface area contributed by atoms with Crippen molar-refractivity contribution in [1.82, 2.24) is 10.2 Å². The Morgan fingerprint density at radius 2 is 1.44 bits per heavy atom. The van der Waals surface area contributed by atoms with Gasteiger partial charge in [-0.15, -0.1) is 12.4 Å². The van der Waals surface area contributed by atoms with Gasteiger partial charge in [0.05, 0.1) is 0 Å². The van der Waals surface area contributed by atoms with Crippen LogP contribution in [-0.2, 0) is 0 Å². The number of carbonyl (C=O) groups is 2. The number of hydrogen-bond acceptors (Lipinski definition) is 3. The van der Waals surface area contributed by atoms with E-state index in [0.717, 1.165) is 31.6 Å². The number of nitrogens with zero attached hydrogens (tertiary/aromatic N) is 1. The van der Waals surface area contributed by atoms with Crippen molar-refractivity contribution < 1.29 is 9.59 Å². The van der Waals surface area contributed by atoms with Gasteiger partial charge < -0.3 is 20.9 Å². The lowest BCUT2D eigenvalue weighted by Gasteiger charge is -2.31. The van der Waals surface area contributed by atoms with E-state index in [9.17, 15) is 9.59 Å². The number of carbonyl (C=O) groups excluding carboxylic acids is 2. The molecule has 6 nitrogen and oxygen atoms in total. The number of piperidine rings is 1. The first-order chi connectivity index (χ1) is 12.7. The number of urea groups is 1. The number of para-hydroxylation sites is 1. The van der Waals surface area contributed by atoms with Gasteiger partial charge in [0.2, 0.25) is 0 Å². The van der Waals surface area contributed by atoms with E-state index < -0.39 is 0 Å². The molecule has 1 heterocycles. The first-order valence-corrected chi connectivity index (χ1v) is 8.85. The molecule has 0 bridgehead atoms. The SMILES string of the molecule is CNC1CCN(C(=O)c2ccc(NC(=O)Nc3ccccc3)cc2)CC1.Cl. The molecule has 1 aliphatic rings. The van der Waals surface area contributed by atoms with Gasteiger partial charge in [0.1, 0.15) is 0 Å². The number of halogens is 1. The van der Waals surface area contributed by atoms with Crippen LogP contribution in [0.4, 0.5) is 16.2 Å². The molecule has 3 N–H and O–H groups in total. The summed E-state index contributed by atoms with van der Waals surface area (Å²) in [6, 6.07) is 16.4. The Bertz CT molecular complexity index is 744. The Kier molecular flexibility index (Phi) is 7.64. The second kappa shape index (κ2) is 9.94. The van der Waals surface area contributed by atoms with Gasteiger partial charge in [0.15, 0.2) is 0 Å². The van der Waals surface area contributed by atoms with Gasteiger partial charge in [-0.25, -0.2) is 4.79 Å². The molecule has 0 atom stereocenters. The maximum Gasteiger partial charge on any atom is 0.323 e. The highest BCUT2D eigenvalue weighted by molar-refractivity contribution is 6.00. The van der Waals surface area contributed by atoms with Crippen molar-refractivity contribution in [3.63, 3.8) is 0 Å². The summed E-state index contributed by atoms with van der Waals surface area (Å²) in [7, 11) is 1.96. The summed E-state index contributed by atoms with van der Waals surface area (Å²) in [5.74, 6) is 0.0415. The lowest BCUT2D eigenvalue weighted by Crippen LogP contribution is -2.43. The molecule has 0 radical (unpaired) electrons. The first kappa shape index (κ1) is 20.7. The van der Waals surface area contributed by atoms with E-state index in [2.05, 4.69) is 16.0 Å². The highest BCUT2D eigenvalue weighted by Crippen LogP contribution is 2.16. The van der Waals surface area contributed by atoms with Crippen molar-refractivity contribution in [2.75, 3.05) is 30.8 Å². The van der Waals surface area contributed by atoms with E-state index in [0.29, 0.717) is 17.3 Å². The number of hydrogen-bond donors (Lipinski definition) is 3. The van der Waals surface area contributed by atoms with E-state index in [4.69, 9.17) is 0 Å². The van der Waals surface area contributed by atoms with Crippen molar-refractivity contribution in [2.45, 2.75) is 18.9 Å². The molecule has 144 valence electrons. The van der Waals surface area contributed by atoms with E-state index in [1.54, 1.807) is 24.3 Å². The normalized spacial score (nSPS) is 14.2. The largest absolute Gasteiger partial charge is 0.339 e. The van der Waals surface area contributed by atoms with Crippen LogP contribution in [0.5, 0.6) is 0 Å². The highest BCUT2D eigenvalue weighted by atomic mass is 35.5. The molecule has 27 heavy (non-hydrogen) atoms. The number of rotatable bonds is 4. The minimum absolute atomic E-state index is 0. The third-order valence-corrected chi connectivity index (χ3v) is 4.61. The van der Waals surface area contributed by atoms with Gasteiger partial charge in [0.25, 0.3) is 5.91 Å². The maximum atomic E-state index is 12.6. The molecule has 7 heteroatoms. The summed E-state index contributed by atoms with van der Waals surface area (Å²) < 4.78 is 0. The van der Waals surface area contributed by atoms with Crippen LogP contribution in [0.15, 0.2) is 54.6 Å². The second-order valence-corrected chi connectivity index (χ2v) is 6.38. The van der Waals surface area contributed by atoms with Gasteiger partial charge in [-0.05, 0) is 56.3 Å². The molecule has 0 unspecified atom stereocenters. The fraction of sp³-hybridized carbons (Fsp3) is 0.300. The smallest absolute Gasteiger partial charge is 0.323 e. The van der Waals surface area contributed by atoms with E-state index in [-0.39, 0.29) is 24.3 Å². The van der Waals surface area contributed by atoms with Crippen molar-refractivity contribution in [2.24, 2.45) is 0 Å². The van der Waals surface area contributed by atoms with Crippen LogP contribution in [0.3, 0.4) is 0 Å². The lowest BCUT2D eigenvalue weighted by molar-refractivity contribution is 0.0707. The van der Waals surface area contributed by atoms with Gasteiger partial charge in [-0.1, -0.05) is 18.2 Å². The van der Waals surface area contributed by atoms with Crippen LogP contribution in [0.25, 0.3) is 0 Å². The summed E-state index contributed by atoms with van der Waals surface area (Å²) in [5, 5.41) is 8.79. The predicted octanol–water partition coefficient (Wildman–Crippen LogP) is 3.58. The summed E-state index contributed by atoms with van der Waals surface area (Å²) in [6.45, 7) is 1.54. The van der Waals surface area contributed by atoms with Crippen molar-refractivity contribution in [1.29, 1.82) is 0 Å². The van der Waals surface area contributed by atoms with Crippen LogP contribution < -0.4 is 16.0 Å². The zero-order chi connectivity index (χ0) is 18.4. The van der Waals surface area contributed by atoms with Crippen LogP contribution in [0, 0.1) is 0 Å². The van der Waals surface area contributed by atoms with Gasteiger partial charge in [-0.2, -0.15) is 0 Å². The molecular formula is C20H25ClN4O2. The molecule has 1 aliphatic heterocycles. The summed E-state index contributed by atoms with van der Waals surface area (Å²) in [6.07, 6.45) is 1.95. The Morgan fingerprint density at radius 1 is 0.889 bits per heavy atom. The Balaban J connectivity index is 0.00000261. The van der Waals surface area contributed by atoms with E-state index >= 15 is 0 Å². The number of nitrogens with one attached hydrogen (secondary N) is 3. The zero-order valence-electron chi connectivity index (χ0n) is 15.3. The lowest BCUT2D eigenvalue weighted by atomic mass is 10.0. The number of likely N-dealkylation sites (tertiary alicyclic amines) is 1. The molecule has 1 saturated heterocycles. The summed E-state index contributed by atoms with van der Waals surface area (Å²) >= 11 is 0. The standard InChI is InChI=1S/C20H24N4O2.ClH/c1-21-16-11-13-24(14-12-16)19(25)15-7-9-18(10-8-15)23-20(26)22-17-5-3-2-4-6-17;/h2-10,16,21H,11-14H2,1H3,(H2,22,23,26);1H. The molecular weight excluding hydrogens is 364 g/mol. The first-order valence-electron chi connectivity index (χ1n) is 8.85. The van der Waals surface area contributed by atoms with Crippen LogP contribution >= 0.6 is 12.4 Å². The number of amides is 3. The van der Waals surface area contributed by atoms with Crippen molar-refractivity contribution in [3.8, 4) is 0 Å². The Morgan fingerprint density at radius 3 is 2.00 bits per heavy atom. The van der Waals surface area contributed by atoms with Gasteiger partial charge in [0, 0.05) is 36.1 Å². The molecule has 2 aromatic rings. The van der Waals surface area contributed by atoms with E-state index in [1.165, 1.54) is 0 Å². The molecule has 0 aromatic heterocycles. The topological polar surface area (TPSA) is 73.5 Å². The number of anilines is 2.